The van der Waals surface area contributed by atoms with E-state index in [4.69, 9.17) is 0 Å². The summed E-state index contributed by atoms with van der Waals surface area (Å²) >= 11 is 1.61. The zero-order chi connectivity index (χ0) is 19.2. The SMILES string of the molecule is COC(=O)N(C)CCCC(=O)Nc1ccc(-c2nc3ccccc3s2)cn1. The van der Waals surface area contributed by atoms with Gasteiger partial charge in [-0.15, -0.1) is 11.3 Å². The van der Waals surface area contributed by atoms with E-state index in [0.717, 1.165) is 20.8 Å². The Bertz CT molecular complexity index is 907. The molecule has 0 saturated heterocycles. The minimum atomic E-state index is -0.414. The fourth-order valence-electron chi connectivity index (χ4n) is 2.52. The van der Waals surface area contributed by atoms with Crippen molar-refractivity contribution < 1.29 is 14.3 Å². The van der Waals surface area contributed by atoms with Crippen molar-refractivity contribution in [3.05, 3.63) is 42.6 Å². The summed E-state index contributed by atoms with van der Waals surface area (Å²) in [5, 5.41) is 3.66. The Morgan fingerprint density at radius 2 is 2.04 bits per heavy atom. The lowest BCUT2D eigenvalue weighted by molar-refractivity contribution is -0.116. The Hall–Kier alpha value is -3.00. The zero-order valence-corrected chi connectivity index (χ0v) is 16.0. The Labute approximate surface area is 161 Å². The van der Waals surface area contributed by atoms with Crippen LogP contribution < -0.4 is 5.32 Å². The van der Waals surface area contributed by atoms with Gasteiger partial charge in [0.25, 0.3) is 0 Å². The minimum absolute atomic E-state index is 0.145. The van der Waals surface area contributed by atoms with Gasteiger partial charge in [0.15, 0.2) is 0 Å². The molecule has 0 bridgehead atoms. The van der Waals surface area contributed by atoms with Crippen molar-refractivity contribution in [1.82, 2.24) is 14.9 Å². The minimum Gasteiger partial charge on any atom is -0.453 e. The number of carbonyl (C=O) groups is 2. The molecule has 0 saturated carbocycles. The maximum Gasteiger partial charge on any atom is 0.409 e. The first kappa shape index (κ1) is 18.8. The number of amides is 2. The van der Waals surface area contributed by atoms with E-state index in [1.165, 1.54) is 12.0 Å². The predicted octanol–water partition coefficient (Wildman–Crippen LogP) is 3.78. The number of hydrogen-bond donors (Lipinski definition) is 1. The van der Waals surface area contributed by atoms with Gasteiger partial charge < -0.3 is 15.0 Å². The third-order valence-corrected chi connectivity index (χ3v) is 5.04. The summed E-state index contributed by atoms with van der Waals surface area (Å²) < 4.78 is 5.73. The number of rotatable bonds is 6. The van der Waals surface area contributed by atoms with Gasteiger partial charge in [0, 0.05) is 31.8 Å². The van der Waals surface area contributed by atoms with E-state index in [2.05, 4.69) is 20.0 Å². The lowest BCUT2D eigenvalue weighted by Crippen LogP contribution is -2.28. The number of ether oxygens (including phenoxy) is 1. The van der Waals surface area contributed by atoms with E-state index in [0.29, 0.717) is 25.2 Å². The first-order valence-corrected chi connectivity index (χ1v) is 9.29. The Balaban J connectivity index is 1.54. The number of methoxy groups -OCH3 is 1. The molecule has 0 unspecified atom stereocenters. The number of benzene rings is 1. The van der Waals surface area contributed by atoms with Crippen LogP contribution in [0.5, 0.6) is 0 Å². The van der Waals surface area contributed by atoms with Crippen LogP contribution in [-0.4, -0.2) is 47.6 Å². The molecule has 0 aliphatic heterocycles. The maximum absolute atomic E-state index is 12.0. The van der Waals surface area contributed by atoms with Crippen molar-refractivity contribution >= 4 is 39.4 Å². The molecule has 2 heterocycles. The van der Waals surface area contributed by atoms with E-state index in [9.17, 15) is 9.59 Å². The average molecular weight is 384 g/mol. The highest BCUT2D eigenvalue weighted by Gasteiger charge is 2.10. The molecule has 3 aromatic rings. The van der Waals surface area contributed by atoms with E-state index in [1.807, 2.05) is 30.3 Å². The summed E-state index contributed by atoms with van der Waals surface area (Å²) in [4.78, 5) is 33.6. The van der Waals surface area contributed by atoms with E-state index in [1.54, 1.807) is 30.6 Å². The number of nitrogens with one attached hydrogen (secondary N) is 1. The molecule has 0 fully saturated rings. The molecule has 0 aliphatic carbocycles. The van der Waals surface area contributed by atoms with Gasteiger partial charge >= 0.3 is 6.09 Å². The third kappa shape index (κ3) is 4.79. The summed E-state index contributed by atoms with van der Waals surface area (Å²) in [5.74, 6) is 0.347. The number of anilines is 1. The number of para-hydroxylation sites is 1. The second-order valence-corrected chi connectivity index (χ2v) is 6.99. The van der Waals surface area contributed by atoms with Crippen LogP contribution in [0.25, 0.3) is 20.8 Å². The quantitative estimate of drug-likeness (QED) is 0.699. The van der Waals surface area contributed by atoms with Crippen molar-refractivity contribution in [2.24, 2.45) is 0 Å². The van der Waals surface area contributed by atoms with Crippen molar-refractivity contribution in [3.8, 4) is 10.6 Å². The Kier molecular flexibility index (Phi) is 5.97. The highest BCUT2D eigenvalue weighted by atomic mass is 32.1. The number of aromatic nitrogens is 2. The van der Waals surface area contributed by atoms with Crippen molar-refractivity contribution in [1.29, 1.82) is 0 Å². The second kappa shape index (κ2) is 8.59. The molecule has 7 nitrogen and oxygen atoms in total. The maximum atomic E-state index is 12.0. The van der Waals surface area contributed by atoms with Gasteiger partial charge in [-0.3, -0.25) is 4.79 Å². The van der Waals surface area contributed by atoms with Crippen molar-refractivity contribution in [3.63, 3.8) is 0 Å². The monoisotopic (exact) mass is 384 g/mol. The topological polar surface area (TPSA) is 84.4 Å². The Morgan fingerprint density at radius 3 is 2.74 bits per heavy atom. The van der Waals surface area contributed by atoms with Gasteiger partial charge in [-0.05, 0) is 30.7 Å². The van der Waals surface area contributed by atoms with Gasteiger partial charge in [-0.25, -0.2) is 14.8 Å². The molecule has 0 radical (unpaired) electrons. The number of thiazole rings is 1. The number of hydrogen-bond acceptors (Lipinski definition) is 6. The lowest BCUT2D eigenvalue weighted by Gasteiger charge is -2.14. The first-order valence-electron chi connectivity index (χ1n) is 8.48. The predicted molar refractivity (Wildman–Crippen MR) is 106 cm³/mol. The summed E-state index contributed by atoms with van der Waals surface area (Å²) in [6.45, 7) is 0.448. The Morgan fingerprint density at radius 1 is 1.22 bits per heavy atom. The standard InChI is InChI=1S/C19H20N4O3S/c1-23(19(25)26-2)11-5-8-17(24)22-16-10-9-13(12-20-16)18-21-14-6-3-4-7-15(14)27-18/h3-4,6-7,9-10,12H,5,8,11H2,1-2H3,(H,20,22,24). The molecule has 0 aliphatic rings. The number of nitrogens with zero attached hydrogens (tertiary/aromatic N) is 3. The smallest absolute Gasteiger partial charge is 0.409 e. The van der Waals surface area contributed by atoms with Crippen LogP contribution in [0.15, 0.2) is 42.6 Å². The molecule has 1 aromatic carbocycles. The highest BCUT2D eigenvalue weighted by Crippen LogP contribution is 2.29. The van der Waals surface area contributed by atoms with E-state index < -0.39 is 6.09 Å². The number of pyridine rings is 1. The number of fused-ring (bicyclic) bond motifs is 1. The van der Waals surface area contributed by atoms with Gasteiger partial charge in [0.2, 0.25) is 5.91 Å². The van der Waals surface area contributed by atoms with Crippen LogP contribution in [0.2, 0.25) is 0 Å². The van der Waals surface area contributed by atoms with Crippen LogP contribution in [-0.2, 0) is 9.53 Å². The lowest BCUT2D eigenvalue weighted by atomic mass is 10.2. The zero-order valence-electron chi connectivity index (χ0n) is 15.1. The largest absolute Gasteiger partial charge is 0.453 e. The number of carbonyl (C=O) groups excluding carboxylic acids is 2. The van der Waals surface area contributed by atoms with Crippen LogP contribution >= 0.6 is 11.3 Å². The molecule has 27 heavy (non-hydrogen) atoms. The molecule has 3 rings (SSSR count). The van der Waals surface area contributed by atoms with Crippen LogP contribution in [0.4, 0.5) is 10.6 Å². The van der Waals surface area contributed by atoms with Gasteiger partial charge in [-0.1, -0.05) is 12.1 Å². The van der Waals surface area contributed by atoms with Crippen LogP contribution in [0.1, 0.15) is 12.8 Å². The highest BCUT2D eigenvalue weighted by molar-refractivity contribution is 7.21. The van der Waals surface area contributed by atoms with E-state index in [-0.39, 0.29) is 5.91 Å². The molecule has 2 amide bonds. The van der Waals surface area contributed by atoms with Gasteiger partial charge in [0.1, 0.15) is 10.8 Å². The summed E-state index contributed by atoms with van der Waals surface area (Å²) in [6.07, 6.45) is 2.13. The van der Waals surface area contributed by atoms with Crippen molar-refractivity contribution in [2.45, 2.75) is 12.8 Å². The molecule has 8 heteroatoms. The second-order valence-electron chi connectivity index (χ2n) is 5.96. The van der Waals surface area contributed by atoms with Crippen LogP contribution in [0.3, 0.4) is 0 Å². The summed E-state index contributed by atoms with van der Waals surface area (Å²) in [5.41, 5.74) is 1.88. The average Bonchev–Trinajstić information content (AvgIpc) is 3.12. The normalized spacial score (nSPS) is 10.6. The molecular weight excluding hydrogens is 364 g/mol. The third-order valence-electron chi connectivity index (χ3n) is 3.96. The molecule has 2 aromatic heterocycles. The summed E-state index contributed by atoms with van der Waals surface area (Å²) in [7, 11) is 2.96. The van der Waals surface area contributed by atoms with E-state index >= 15 is 0 Å². The molecule has 140 valence electrons. The van der Waals surface area contributed by atoms with Crippen molar-refractivity contribution in [2.75, 3.05) is 26.0 Å². The first-order chi connectivity index (χ1) is 13.1. The van der Waals surface area contributed by atoms with Gasteiger partial charge in [-0.2, -0.15) is 0 Å². The summed E-state index contributed by atoms with van der Waals surface area (Å²) in [6, 6.07) is 11.6. The fourth-order valence-corrected chi connectivity index (χ4v) is 3.48. The fraction of sp³-hybridized carbons (Fsp3) is 0.263. The molecular formula is C19H20N4O3S. The van der Waals surface area contributed by atoms with Gasteiger partial charge in [0.05, 0.1) is 17.3 Å². The molecule has 0 atom stereocenters. The molecule has 1 N–H and O–H groups in total. The van der Waals surface area contributed by atoms with Crippen LogP contribution in [0, 0.1) is 0 Å². The molecule has 0 spiro atoms.